The van der Waals surface area contributed by atoms with E-state index in [2.05, 4.69) is 15.9 Å². The van der Waals surface area contributed by atoms with Crippen LogP contribution in [0.2, 0.25) is 5.02 Å². The van der Waals surface area contributed by atoms with E-state index in [4.69, 9.17) is 31.0 Å². The molecule has 4 aromatic rings. The largest absolute Gasteiger partial charge is 0.495 e. The highest BCUT2D eigenvalue weighted by Crippen LogP contribution is 2.40. The minimum Gasteiger partial charge on any atom is -0.495 e. The summed E-state index contributed by atoms with van der Waals surface area (Å²) in [6.07, 6.45) is 0. The lowest BCUT2D eigenvalue weighted by atomic mass is 10.3. The van der Waals surface area contributed by atoms with Gasteiger partial charge in [0.25, 0.3) is 0 Å². The monoisotopic (exact) mass is 446 g/mol. The third-order valence-corrected chi connectivity index (χ3v) is 7.60. The molecule has 0 spiro atoms. The first kappa shape index (κ1) is 18.7. The van der Waals surface area contributed by atoms with Gasteiger partial charge in [-0.2, -0.15) is 0 Å². The fourth-order valence-electron chi connectivity index (χ4n) is 3.54. The number of nitrogens with zero attached hydrogens (tertiary/aromatic N) is 4. The number of fused-ring (bicyclic) bond motifs is 2. The van der Waals surface area contributed by atoms with Gasteiger partial charge in [0.1, 0.15) is 27.2 Å². The third-order valence-electron chi connectivity index (χ3n) is 5.08. The summed E-state index contributed by atoms with van der Waals surface area (Å²) < 4.78 is 13.1. The normalized spacial score (nSPS) is 14.7. The van der Waals surface area contributed by atoms with Crippen molar-refractivity contribution in [2.45, 2.75) is 0 Å². The zero-order valence-electron chi connectivity index (χ0n) is 16.0. The van der Waals surface area contributed by atoms with Crippen molar-refractivity contribution in [3.63, 3.8) is 0 Å². The molecule has 0 bridgehead atoms. The van der Waals surface area contributed by atoms with Gasteiger partial charge >= 0.3 is 0 Å². The van der Waals surface area contributed by atoms with Crippen molar-refractivity contribution in [2.24, 2.45) is 0 Å². The Hall–Kier alpha value is -2.29. The second kappa shape index (κ2) is 7.51. The number of piperazine rings is 1. The first-order valence-electron chi connectivity index (χ1n) is 9.24. The summed E-state index contributed by atoms with van der Waals surface area (Å²) in [7, 11) is 3.35. The van der Waals surface area contributed by atoms with Crippen LogP contribution in [0, 0.1) is 0 Å². The number of thiazole rings is 2. The zero-order valence-corrected chi connectivity index (χ0v) is 18.4. The molecular weight excluding hydrogens is 428 g/mol. The van der Waals surface area contributed by atoms with Crippen LogP contribution in [0.5, 0.6) is 11.5 Å². The second-order valence-corrected chi connectivity index (χ2v) is 9.10. The van der Waals surface area contributed by atoms with E-state index >= 15 is 0 Å². The average molecular weight is 447 g/mol. The van der Waals surface area contributed by atoms with Gasteiger partial charge in [0.15, 0.2) is 10.3 Å². The Morgan fingerprint density at radius 3 is 2.10 bits per heavy atom. The second-order valence-electron chi connectivity index (χ2n) is 6.70. The van der Waals surface area contributed by atoms with Gasteiger partial charge in [-0.3, -0.25) is 0 Å². The summed E-state index contributed by atoms with van der Waals surface area (Å²) in [5.41, 5.74) is 1.75. The SMILES string of the molecule is COc1ccc(OC)c2sc(N3CCN(c4nc5c(Cl)cccc5s4)CC3)nc12. The molecule has 0 N–H and O–H groups in total. The van der Waals surface area contributed by atoms with Gasteiger partial charge in [0.05, 0.1) is 23.9 Å². The highest BCUT2D eigenvalue weighted by atomic mass is 35.5. The molecule has 1 aliphatic rings. The molecule has 0 aliphatic carbocycles. The predicted molar refractivity (Wildman–Crippen MR) is 122 cm³/mol. The number of ether oxygens (including phenoxy) is 2. The van der Waals surface area contributed by atoms with E-state index in [1.807, 2.05) is 24.3 Å². The molecule has 5 rings (SSSR count). The van der Waals surface area contributed by atoms with E-state index in [0.717, 1.165) is 68.4 Å². The number of anilines is 2. The quantitative estimate of drug-likeness (QED) is 0.444. The molecule has 3 heterocycles. The van der Waals surface area contributed by atoms with Crippen LogP contribution >= 0.6 is 34.3 Å². The average Bonchev–Trinajstić information content (AvgIpc) is 3.39. The van der Waals surface area contributed by atoms with Gasteiger partial charge in [-0.15, -0.1) is 0 Å². The molecule has 0 amide bonds. The molecule has 0 atom stereocenters. The lowest BCUT2D eigenvalue weighted by Crippen LogP contribution is -2.46. The van der Waals surface area contributed by atoms with E-state index in [-0.39, 0.29) is 0 Å². The van der Waals surface area contributed by atoms with Crippen molar-refractivity contribution in [2.75, 3.05) is 50.2 Å². The molecule has 0 radical (unpaired) electrons. The maximum absolute atomic E-state index is 6.29. The molecule has 1 saturated heterocycles. The predicted octanol–water partition coefficient (Wildman–Crippen LogP) is 4.90. The minimum atomic E-state index is 0.709. The van der Waals surface area contributed by atoms with Crippen LogP contribution in [0.4, 0.5) is 10.3 Å². The maximum atomic E-state index is 6.29. The van der Waals surface area contributed by atoms with Crippen LogP contribution in [-0.4, -0.2) is 50.4 Å². The van der Waals surface area contributed by atoms with Crippen LogP contribution < -0.4 is 19.3 Å². The summed E-state index contributed by atoms with van der Waals surface area (Å²) >= 11 is 9.63. The molecule has 9 heteroatoms. The number of hydrogen-bond acceptors (Lipinski definition) is 8. The van der Waals surface area contributed by atoms with E-state index in [9.17, 15) is 0 Å². The molecule has 0 saturated carbocycles. The minimum absolute atomic E-state index is 0.709. The Balaban J connectivity index is 1.38. The fraction of sp³-hybridized carbons (Fsp3) is 0.300. The van der Waals surface area contributed by atoms with E-state index in [1.54, 1.807) is 36.9 Å². The van der Waals surface area contributed by atoms with Gasteiger partial charge in [0.2, 0.25) is 0 Å². The van der Waals surface area contributed by atoms with Crippen molar-refractivity contribution in [1.29, 1.82) is 0 Å². The molecule has 1 aliphatic heterocycles. The highest BCUT2D eigenvalue weighted by molar-refractivity contribution is 7.23. The smallest absolute Gasteiger partial charge is 0.186 e. The first-order chi connectivity index (χ1) is 14.2. The lowest BCUT2D eigenvalue weighted by molar-refractivity contribution is 0.410. The number of halogens is 1. The van der Waals surface area contributed by atoms with Crippen molar-refractivity contribution in [1.82, 2.24) is 9.97 Å². The zero-order chi connectivity index (χ0) is 20.0. The first-order valence-corrected chi connectivity index (χ1v) is 11.3. The fourth-order valence-corrected chi connectivity index (χ4v) is 5.98. The number of methoxy groups -OCH3 is 2. The van der Waals surface area contributed by atoms with E-state index in [1.165, 1.54) is 0 Å². The number of para-hydroxylation sites is 1. The molecule has 29 heavy (non-hydrogen) atoms. The number of aromatic nitrogens is 2. The summed E-state index contributed by atoms with van der Waals surface area (Å²) in [5, 5.41) is 2.73. The molecule has 2 aromatic heterocycles. The summed E-state index contributed by atoms with van der Waals surface area (Å²) in [4.78, 5) is 14.3. The van der Waals surface area contributed by atoms with Crippen LogP contribution in [0.3, 0.4) is 0 Å². The van der Waals surface area contributed by atoms with Crippen molar-refractivity contribution >= 4 is 65.0 Å². The van der Waals surface area contributed by atoms with Crippen molar-refractivity contribution in [3.05, 3.63) is 35.4 Å². The van der Waals surface area contributed by atoms with Crippen LogP contribution in [0.1, 0.15) is 0 Å². The molecule has 0 unspecified atom stereocenters. The standard InChI is InChI=1S/C20H19ClN4O2S2/c1-26-13-6-7-14(27-2)18-17(13)23-20(29-18)25-10-8-24(9-11-25)19-22-16-12(21)4-3-5-15(16)28-19/h3-7H,8-11H2,1-2H3. The Morgan fingerprint density at radius 1 is 0.828 bits per heavy atom. The summed E-state index contributed by atoms with van der Waals surface area (Å²) in [5.74, 6) is 1.60. The molecule has 6 nitrogen and oxygen atoms in total. The van der Waals surface area contributed by atoms with Crippen LogP contribution in [-0.2, 0) is 0 Å². The Morgan fingerprint density at radius 2 is 1.45 bits per heavy atom. The van der Waals surface area contributed by atoms with E-state index < -0.39 is 0 Å². The Kier molecular flexibility index (Phi) is 4.85. The summed E-state index contributed by atoms with van der Waals surface area (Å²) in [6, 6.07) is 9.77. The summed E-state index contributed by atoms with van der Waals surface area (Å²) in [6.45, 7) is 3.55. The topological polar surface area (TPSA) is 50.7 Å². The lowest BCUT2D eigenvalue weighted by Gasteiger charge is -2.34. The van der Waals surface area contributed by atoms with Crippen LogP contribution in [0.25, 0.3) is 20.4 Å². The van der Waals surface area contributed by atoms with Crippen molar-refractivity contribution < 1.29 is 9.47 Å². The highest BCUT2D eigenvalue weighted by Gasteiger charge is 2.24. The molecule has 150 valence electrons. The van der Waals surface area contributed by atoms with Crippen molar-refractivity contribution in [3.8, 4) is 11.5 Å². The number of benzene rings is 2. The van der Waals surface area contributed by atoms with Gasteiger partial charge in [0, 0.05) is 26.2 Å². The van der Waals surface area contributed by atoms with Gasteiger partial charge < -0.3 is 19.3 Å². The van der Waals surface area contributed by atoms with Gasteiger partial charge in [-0.05, 0) is 24.3 Å². The molecule has 2 aromatic carbocycles. The number of hydrogen-bond donors (Lipinski definition) is 0. The molecular formula is C20H19ClN4O2S2. The van der Waals surface area contributed by atoms with Crippen LogP contribution in [0.15, 0.2) is 30.3 Å². The third kappa shape index (κ3) is 3.25. The van der Waals surface area contributed by atoms with E-state index in [0.29, 0.717) is 5.02 Å². The Labute approximate surface area is 181 Å². The number of rotatable bonds is 4. The van der Waals surface area contributed by atoms with Gasteiger partial charge in [-0.25, -0.2) is 9.97 Å². The molecule has 1 fully saturated rings. The van der Waals surface area contributed by atoms with Gasteiger partial charge in [-0.1, -0.05) is 40.3 Å². The Bertz CT molecular complexity index is 1140. The maximum Gasteiger partial charge on any atom is 0.186 e.